The van der Waals surface area contributed by atoms with E-state index in [2.05, 4.69) is 5.16 Å². The van der Waals surface area contributed by atoms with E-state index in [1.807, 2.05) is 38.1 Å². The molecule has 1 aliphatic rings. The first-order valence-corrected chi connectivity index (χ1v) is 7.98. The second-order valence-electron chi connectivity index (χ2n) is 6.15. The molecule has 0 saturated carbocycles. The second-order valence-corrected chi connectivity index (χ2v) is 6.15. The fourth-order valence-electron chi connectivity index (χ4n) is 3.24. The number of benzene rings is 1. The zero-order valence-electron chi connectivity index (χ0n) is 13.8. The number of rotatable bonds is 4. The summed E-state index contributed by atoms with van der Waals surface area (Å²) >= 11 is 0. The van der Waals surface area contributed by atoms with Crippen molar-refractivity contribution in [2.24, 2.45) is 0 Å². The summed E-state index contributed by atoms with van der Waals surface area (Å²) in [4.78, 5) is 25.7. The molecule has 0 aliphatic carbocycles. The Hall–Kier alpha value is -2.63. The average molecular weight is 328 g/mol. The Balaban J connectivity index is 1.76. The zero-order valence-corrected chi connectivity index (χ0v) is 13.8. The number of aryl methyl sites for hydroxylation is 2. The normalized spacial score (nSPS) is 16.8. The first-order chi connectivity index (χ1) is 11.5. The third-order valence-corrected chi connectivity index (χ3v) is 4.62. The Kier molecular flexibility index (Phi) is 4.38. The number of carboxylic acid groups (broad SMARTS) is 1. The lowest BCUT2D eigenvalue weighted by Gasteiger charge is -2.34. The third-order valence-electron chi connectivity index (χ3n) is 4.62. The smallest absolute Gasteiger partial charge is 0.326 e. The summed E-state index contributed by atoms with van der Waals surface area (Å²) < 4.78 is 5.11. The summed E-state index contributed by atoms with van der Waals surface area (Å²) in [5.74, 6) is -0.411. The Labute approximate surface area is 140 Å². The Morgan fingerprint density at radius 1 is 1.29 bits per heavy atom. The van der Waals surface area contributed by atoms with Crippen molar-refractivity contribution in [1.29, 1.82) is 0 Å². The molecule has 126 valence electrons. The van der Waals surface area contributed by atoms with Crippen LogP contribution in [-0.2, 0) is 29.0 Å². The Morgan fingerprint density at radius 2 is 2.00 bits per heavy atom. The number of hydrogen-bond acceptors (Lipinski definition) is 4. The molecular formula is C18H20N2O4. The number of carbonyl (C=O) groups excluding carboxylic acids is 1. The quantitative estimate of drug-likeness (QED) is 0.931. The molecule has 6 nitrogen and oxygen atoms in total. The Morgan fingerprint density at radius 3 is 2.62 bits per heavy atom. The van der Waals surface area contributed by atoms with Gasteiger partial charge in [-0.2, -0.15) is 0 Å². The predicted octanol–water partition coefficient (Wildman–Crippen LogP) is 2.26. The molecule has 1 aromatic carbocycles. The van der Waals surface area contributed by atoms with Gasteiger partial charge in [-0.1, -0.05) is 29.4 Å². The molecular weight excluding hydrogens is 308 g/mol. The van der Waals surface area contributed by atoms with E-state index in [1.54, 1.807) is 0 Å². The van der Waals surface area contributed by atoms with Crippen molar-refractivity contribution < 1.29 is 19.2 Å². The third kappa shape index (κ3) is 3.04. The highest BCUT2D eigenvalue weighted by atomic mass is 16.5. The van der Waals surface area contributed by atoms with Crippen LogP contribution in [0.25, 0.3) is 0 Å². The maximum atomic E-state index is 12.7. The fraction of sp³-hybridized carbons (Fsp3) is 0.389. The molecule has 6 heteroatoms. The van der Waals surface area contributed by atoms with Gasteiger partial charge < -0.3 is 14.5 Å². The SMILES string of the molecule is Cc1noc(C)c1CCC(=O)N1Cc2ccccc2CC1C(=O)O. The van der Waals surface area contributed by atoms with Crippen molar-refractivity contribution in [1.82, 2.24) is 10.1 Å². The molecule has 0 saturated heterocycles. The molecule has 1 atom stereocenters. The fourth-order valence-corrected chi connectivity index (χ4v) is 3.24. The van der Waals surface area contributed by atoms with Crippen molar-refractivity contribution >= 4 is 11.9 Å². The minimum atomic E-state index is -0.963. The van der Waals surface area contributed by atoms with E-state index in [1.165, 1.54) is 4.90 Å². The van der Waals surface area contributed by atoms with Gasteiger partial charge in [0.15, 0.2) is 0 Å². The minimum absolute atomic E-state index is 0.156. The molecule has 0 spiro atoms. The average Bonchev–Trinajstić information content (AvgIpc) is 2.89. The standard InChI is InChI=1S/C18H20N2O4/c1-11-15(12(2)24-19-11)7-8-17(21)20-10-14-6-4-3-5-13(14)9-16(20)18(22)23/h3-6,16H,7-10H2,1-2H3,(H,22,23). The van der Waals surface area contributed by atoms with E-state index in [0.29, 0.717) is 25.1 Å². The van der Waals surface area contributed by atoms with Crippen LogP contribution in [0.4, 0.5) is 0 Å². The molecule has 1 aliphatic heterocycles. The largest absolute Gasteiger partial charge is 0.480 e. The van der Waals surface area contributed by atoms with Gasteiger partial charge in [0, 0.05) is 24.9 Å². The maximum Gasteiger partial charge on any atom is 0.326 e. The molecule has 1 aromatic heterocycles. The van der Waals surface area contributed by atoms with Crippen LogP contribution in [0.15, 0.2) is 28.8 Å². The highest BCUT2D eigenvalue weighted by Crippen LogP contribution is 2.25. The lowest BCUT2D eigenvalue weighted by atomic mass is 9.93. The molecule has 1 unspecified atom stereocenters. The lowest BCUT2D eigenvalue weighted by Crippen LogP contribution is -2.48. The van der Waals surface area contributed by atoms with Crippen molar-refractivity contribution in [3.05, 3.63) is 52.4 Å². The first kappa shape index (κ1) is 16.2. The van der Waals surface area contributed by atoms with Crippen LogP contribution in [0.3, 0.4) is 0 Å². The van der Waals surface area contributed by atoms with Gasteiger partial charge in [0.1, 0.15) is 11.8 Å². The molecule has 0 bridgehead atoms. The summed E-state index contributed by atoms with van der Waals surface area (Å²) in [5.41, 5.74) is 3.71. The molecule has 24 heavy (non-hydrogen) atoms. The van der Waals surface area contributed by atoms with Gasteiger partial charge >= 0.3 is 5.97 Å². The monoisotopic (exact) mass is 328 g/mol. The zero-order chi connectivity index (χ0) is 17.3. The molecule has 0 radical (unpaired) electrons. The number of amides is 1. The summed E-state index contributed by atoms with van der Waals surface area (Å²) in [7, 11) is 0. The van der Waals surface area contributed by atoms with Gasteiger partial charge in [-0.3, -0.25) is 4.79 Å². The summed E-state index contributed by atoms with van der Waals surface area (Å²) in [5, 5.41) is 13.4. The van der Waals surface area contributed by atoms with E-state index in [-0.39, 0.29) is 12.3 Å². The molecule has 2 aromatic rings. The van der Waals surface area contributed by atoms with Gasteiger partial charge in [-0.15, -0.1) is 0 Å². The van der Waals surface area contributed by atoms with E-state index in [9.17, 15) is 14.7 Å². The number of aromatic nitrogens is 1. The maximum absolute atomic E-state index is 12.7. The van der Waals surface area contributed by atoms with Crippen LogP contribution in [0, 0.1) is 13.8 Å². The van der Waals surface area contributed by atoms with Crippen LogP contribution in [0.1, 0.15) is 34.6 Å². The van der Waals surface area contributed by atoms with E-state index >= 15 is 0 Å². The van der Waals surface area contributed by atoms with Gasteiger partial charge in [0.2, 0.25) is 5.91 Å². The summed E-state index contributed by atoms with van der Waals surface area (Å²) in [6.07, 6.45) is 1.10. The number of hydrogen-bond donors (Lipinski definition) is 1. The van der Waals surface area contributed by atoms with E-state index < -0.39 is 12.0 Å². The van der Waals surface area contributed by atoms with Crippen LogP contribution >= 0.6 is 0 Å². The van der Waals surface area contributed by atoms with Crippen LogP contribution in [-0.4, -0.2) is 33.1 Å². The molecule has 3 rings (SSSR count). The number of carboxylic acids is 1. The predicted molar refractivity (Wildman–Crippen MR) is 86.4 cm³/mol. The van der Waals surface area contributed by atoms with E-state index in [0.717, 1.165) is 22.4 Å². The minimum Gasteiger partial charge on any atom is -0.480 e. The highest BCUT2D eigenvalue weighted by molar-refractivity contribution is 5.84. The summed E-state index contributed by atoms with van der Waals surface area (Å²) in [6.45, 7) is 4.00. The van der Waals surface area contributed by atoms with Gasteiger partial charge in [-0.25, -0.2) is 4.79 Å². The number of fused-ring (bicyclic) bond motifs is 1. The van der Waals surface area contributed by atoms with Crippen molar-refractivity contribution in [2.75, 3.05) is 0 Å². The lowest BCUT2D eigenvalue weighted by molar-refractivity contribution is -0.151. The highest BCUT2D eigenvalue weighted by Gasteiger charge is 2.34. The van der Waals surface area contributed by atoms with E-state index in [4.69, 9.17) is 4.52 Å². The van der Waals surface area contributed by atoms with Gasteiger partial charge in [0.05, 0.1) is 5.69 Å². The topological polar surface area (TPSA) is 83.6 Å². The number of carbonyl (C=O) groups is 2. The number of nitrogens with zero attached hydrogens (tertiary/aromatic N) is 2. The molecule has 1 amide bonds. The second kappa shape index (κ2) is 6.47. The molecule has 2 heterocycles. The van der Waals surface area contributed by atoms with Crippen molar-refractivity contribution in [3.63, 3.8) is 0 Å². The van der Waals surface area contributed by atoms with Crippen LogP contribution in [0.2, 0.25) is 0 Å². The van der Waals surface area contributed by atoms with Crippen molar-refractivity contribution in [2.45, 2.75) is 45.7 Å². The number of aliphatic carboxylic acids is 1. The van der Waals surface area contributed by atoms with Gasteiger partial charge in [-0.05, 0) is 31.4 Å². The molecule has 0 fully saturated rings. The van der Waals surface area contributed by atoms with Crippen LogP contribution < -0.4 is 0 Å². The van der Waals surface area contributed by atoms with Crippen molar-refractivity contribution in [3.8, 4) is 0 Å². The Bertz CT molecular complexity index is 762. The van der Waals surface area contributed by atoms with Crippen LogP contribution in [0.5, 0.6) is 0 Å². The summed E-state index contributed by atoms with van der Waals surface area (Å²) in [6, 6.07) is 6.87. The first-order valence-electron chi connectivity index (χ1n) is 7.98. The van der Waals surface area contributed by atoms with Gasteiger partial charge in [0.25, 0.3) is 0 Å². The molecule has 1 N–H and O–H groups in total.